The second-order valence-electron chi connectivity index (χ2n) is 6.89. The number of nitrogens with one attached hydrogen (secondary N) is 1. The first-order valence-electron chi connectivity index (χ1n) is 8.18. The minimum absolute atomic E-state index is 0.425. The van der Waals surface area contributed by atoms with Crippen molar-refractivity contribution in [2.75, 3.05) is 6.54 Å². The lowest BCUT2D eigenvalue weighted by Crippen LogP contribution is -2.49. The smallest absolute Gasteiger partial charge is 0.0771 e. The van der Waals surface area contributed by atoms with Gasteiger partial charge in [0.15, 0.2) is 0 Å². The van der Waals surface area contributed by atoms with Crippen LogP contribution in [0.3, 0.4) is 0 Å². The van der Waals surface area contributed by atoms with Crippen LogP contribution in [0.15, 0.2) is 24.3 Å². The minimum atomic E-state index is -0.425. The Labute approximate surface area is 122 Å². The molecule has 0 unspecified atom stereocenters. The maximum atomic E-state index is 10.5. The lowest BCUT2D eigenvalue weighted by molar-refractivity contribution is -0.000295. The van der Waals surface area contributed by atoms with Crippen molar-refractivity contribution in [1.29, 1.82) is 0 Å². The van der Waals surface area contributed by atoms with Crippen molar-refractivity contribution in [2.24, 2.45) is 0 Å². The van der Waals surface area contributed by atoms with E-state index in [0.717, 1.165) is 25.3 Å². The lowest BCUT2D eigenvalue weighted by Gasteiger charge is -2.40. The highest BCUT2D eigenvalue weighted by molar-refractivity contribution is 5.31. The largest absolute Gasteiger partial charge is 0.389 e. The highest BCUT2D eigenvalue weighted by Crippen LogP contribution is 2.38. The van der Waals surface area contributed by atoms with Gasteiger partial charge in [0.1, 0.15) is 0 Å². The molecule has 2 heteroatoms. The summed E-state index contributed by atoms with van der Waals surface area (Å²) in [5.74, 6) is 0.717. The normalized spacial score (nSPS) is 28.9. The van der Waals surface area contributed by atoms with Crippen LogP contribution in [0.4, 0.5) is 0 Å². The van der Waals surface area contributed by atoms with Crippen molar-refractivity contribution in [3.8, 4) is 0 Å². The average Bonchev–Trinajstić information content (AvgIpc) is 2.39. The molecule has 2 saturated carbocycles. The molecule has 2 N–H and O–H groups in total. The second-order valence-corrected chi connectivity index (χ2v) is 6.89. The van der Waals surface area contributed by atoms with E-state index in [1.807, 2.05) is 0 Å². The quantitative estimate of drug-likeness (QED) is 0.879. The van der Waals surface area contributed by atoms with Crippen molar-refractivity contribution in [2.45, 2.75) is 69.4 Å². The summed E-state index contributed by atoms with van der Waals surface area (Å²) in [7, 11) is 0. The molecule has 3 rings (SSSR count). The SMILES string of the molecule is Cc1ccccc1C1CC(NCC2(O)CCCCC2)C1. The number of rotatable bonds is 4. The molecule has 110 valence electrons. The Morgan fingerprint density at radius 1 is 1.15 bits per heavy atom. The second kappa shape index (κ2) is 5.87. The fourth-order valence-electron chi connectivity index (χ4n) is 3.80. The molecule has 0 heterocycles. The number of aryl methyl sites for hydroxylation is 1. The van der Waals surface area contributed by atoms with Gasteiger partial charge in [-0.15, -0.1) is 0 Å². The van der Waals surface area contributed by atoms with Crippen LogP contribution in [-0.4, -0.2) is 23.3 Å². The van der Waals surface area contributed by atoms with Gasteiger partial charge < -0.3 is 10.4 Å². The monoisotopic (exact) mass is 273 g/mol. The van der Waals surface area contributed by atoms with Crippen LogP contribution in [0, 0.1) is 6.92 Å². The van der Waals surface area contributed by atoms with Crippen molar-refractivity contribution in [3.63, 3.8) is 0 Å². The van der Waals surface area contributed by atoms with Crippen molar-refractivity contribution >= 4 is 0 Å². The summed E-state index contributed by atoms with van der Waals surface area (Å²) in [5, 5.41) is 14.1. The first-order valence-corrected chi connectivity index (χ1v) is 8.18. The standard InChI is InChI=1S/C18H27NO/c1-14-7-3-4-8-17(14)15-11-16(12-15)19-13-18(20)9-5-2-6-10-18/h3-4,7-8,15-16,19-20H,2,5-6,9-13H2,1H3. The third-order valence-electron chi connectivity index (χ3n) is 5.27. The molecule has 2 aliphatic carbocycles. The molecule has 1 aromatic rings. The summed E-state index contributed by atoms with van der Waals surface area (Å²) in [6, 6.07) is 9.34. The van der Waals surface area contributed by atoms with Crippen LogP contribution in [0.1, 0.15) is 62.0 Å². The Morgan fingerprint density at radius 3 is 2.55 bits per heavy atom. The predicted octanol–water partition coefficient (Wildman–Crippen LogP) is 3.53. The number of aliphatic hydroxyl groups is 1. The molecule has 0 aromatic heterocycles. The van der Waals surface area contributed by atoms with Gasteiger partial charge in [0.25, 0.3) is 0 Å². The zero-order valence-corrected chi connectivity index (χ0v) is 12.6. The van der Waals surface area contributed by atoms with Crippen LogP contribution in [0.5, 0.6) is 0 Å². The Hall–Kier alpha value is -0.860. The molecule has 2 nitrogen and oxygen atoms in total. The molecule has 20 heavy (non-hydrogen) atoms. The van der Waals surface area contributed by atoms with Gasteiger partial charge in [-0.05, 0) is 49.7 Å². The first-order chi connectivity index (χ1) is 9.66. The summed E-state index contributed by atoms with van der Waals surface area (Å²) >= 11 is 0. The van der Waals surface area contributed by atoms with Crippen LogP contribution in [0.25, 0.3) is 0 Å². The Morgan fingerprint density at radius 2 is 1.85 bits per heavy atom. The van der Waals surface area contributed by atoms with E-state index < -0.39 is 5.60 Å². The summed E-state index contributed by atoms with van der Waals surface area (Å²) in [4.78, 5) is 0. The van der Waals surface area contributed by atoms with Gasteiger partial charge in [0, 0.05) is 12.6 Å². The van der Waals surface area contributed by atoms with Crippen molar-refractivity contribution in [1.82, 2.24) is 5.32 Å². The molecular formula is C18H27NO. The van der Waals surface area contributed by atoms with E-state index in [4.69, 9.17) is 0 Å². The summed E-state index contributed by atoms with van der Waals surface area (Å²) in [5.41, 5.74) is 2.51. The molecule has 0 atom stereocenters. The number of hydrogen-bond donors (Lipinski definition) is 2. The van der Waals surface area contributed by atoms with Gasteiger partial charge in [-0.2, -0.15) is 0 Å². The van der Waals surface area contributed by atoms with E-state index in [9.17, 15) is 5.11 Å². The maximum absolute atomic E-state index is 10.5. The number of hydrogen-bond acceptors (Lipinski definition) is 2. The molecular weight excluding hydrogens is 246 g/mol. The van der Waals surface area contributed by atoms with Gasteiger partial charge in [-0.25, -0.2) is 0 Å². The van der Waals surface area contributed by atoms with Crippen LogP contribution in [0.2, 0.25) is 0 Å². The van der Waals surface area contributed by atoms with Gasteiger partial charge in [0.05, 0.1) is 5.60 Å². The summed E-state index contributed by atoms with van der Waals surface area (Å²) in [6.07, 6.45) is 8.08. The Balaban J connectivity index is 1.46. The predicted molar refractivity (Wildman–Crippen MR) is 83.0 cm³/mol. The highest BCUT2D eigenvalue weighted by Gasteiger charge is 2.34. The highest BCUT2D eigenvalue weighted by atomic mass is 16.3. The maximum Gasteiger partial charge on any atom is 0.0771 e. The molecule has 2 fully saturated rings. The molecule has 0 spiro atoms. The lowest BCUT2D eigenvalue weighted by atomic mass is 9.74. The molecule has 0 aliphatic heterocycles. The third-order valence-corrected chi connectivity index (χ3v) is 5.27. The van der Waals surface area contributed by atoms with Gasteiger partial charge >= 0.3 is 0 Å². The first kappa shape index (κ1) is 14.1. The van der Waals surface area contributed by atoms with Gasteiger partial charge in [0.2, 0.25) is 0 Å². The van der Waals surface area contributed by atoms with E-state index in [2.05, 4.69) is 36.5 Å². The fraction of sp³-hybridized carbons (Fsp3) is 0.667. The van der Waals surface area contributed by atoms with Crippen molar-refractivity contribution < 1.29 is 5.11 Å². The van der Waals surface area contributed by atoms with Crippen LogP contribution < -0.4 is 5.32 Å². The van der Waals surface area contributed by atoms with E-state index >= 15 is 0 Å². The third kappa shape index (κ3) is 3.07. The summed E-state index contributed by atoms with van der Waals surface area (Å²) < 4.78 is 0. The minimum Gasteiger partial charge on any atom is -0.389 e. The van der Waals surface area contributed by atoms with Crippen molar-refractivity contribution in [3.05, 3.63) is 35.4 Å². The summed E-state index contributed by atoms with van der Waals surface area (Å²) in [6.45, 7) is 3.00. The average molecular weight is 273 g/mol. The molecule has 0 bridgehead atoms. The van der Waals surface area contributed by atoms with Gasteiger partial charge in [-0.1, -0.05) is 43.5 Å². The molecule has 0 amide bonds. The van der Waals surface area contributed by atoms with E-state index in [1.54, 1.807) is 0 Å². The fourth-order valence-corrected chi connectivity index (χ4v) is 3.80. The van der Waals surface area contributed by atoms with Gasteiger partial charge in [-0.3, -0.25) is 0 Å². The van der Waals surface area contributed by atoms with Crippen LogP contribution in [-0.2, 0) is 0 Å². The zero-order chi connectivity index (χ0) is 14.0. The molecule has 0 saturated heterocycles. The van der Waals surface area contributed by atoms with E-state index in [0.29, 0.717) is 6.04 Å². The Bertz CT molecular complexity index is 444. The van der Waals surface area contributed by atoms with E-state index in [1.165, 1.54) is 43.2 Å². The molecule has 1 aromatic carbocycles. The molecule has 2 aliphatic rings. The topological polar surface area (TPSA) is 32.3 Å². The van der Waals surface area contributed by atoms with E-state index in [-0.39, 0.29) is 0 Å². The Kier molecular flexibility index (Phi) is 4.13. The zero-order valence-electron chi connectivity index (χ0n) is 12.6. The molecule has 0 radical (unpaired) electrons. The number of benzene rings is 1. The van der Waals surface area contributed by atoms with Crippen LogP contribution >= 0.6 is 0 Å².